The number of benzene rings is 2. The van der Waals surface area contributed by atoms with E-state index in [1.54, 1.807) is 14.2 Å². The second kappa shape index (κ2) is 14.6. The molecule has 0 bridgehead atoms. The maximum absolute atomic E-state index is 12.3. The molecule has 2 rings (SSSR count). The highest BCUT2D eigenvalue weighted by Gasteiger charge is 2.06. The number of nitrogens with one attached hydrogen (secondary N) is 3. The van der Waals surface area contributed by atoms with Crippen LogP contribution < -0.4 is 20.7 Å². The van der Waals surface area contributed by atoms with Crippen LogP contribution in [0.15, 0.2) is 53.5 Å². The van der Waals surface area contributed by atoms with E-state index in [0.717, 1.165) is 36.8 Å². The van der Waals surface area contributed by atoms with E-state index in [9.17, 15) is 4.79 Å². The zero-order chi connectivity index (χ0) is 21.8. The van der Waals surface area contributed by atoms with Gasteiger partial charge in [-0.3, -0.25) is 9.79 Å². The number of aliphatic imine (C=N–C) groups is 1. The Morgan fingerprint density at radius 2 is 1.74 bits per heavy atom. The van der Waals surface area contributed by atoms with Crippen molar-refractivity contribution in [2.75, 3.05) is 47.9 Å². The molecule has 0 aliphatic rings. The highest BCUT2D eigenvalue weighted by molar-refractivity contribution is 14.0. The molecule has 7 nitrogen and oxygen atoms in total. The molecule has 3 N–H and O–H groups in total. The molecule has 0 radical (unpaired) electrons. The van der Waals surface area contributed by atoms with Gasteiger partial charge >= 0.3 is 0 Å². The van der Waals surface area contributed by atoms with E-state index < -0.39 is 0 Å². The van der Waals surface area contributed by atoms with Gasteiger partial charge in [0.05, 0.1) is 7.11 Å². The first kappa shape index (κ1) is 26.7. The number of carbonyl (C=O) groups is 1. The van der Waals surface area contributed by atoms with Crippen molar-refractivity contribution in [3.63, 3.8) is 0 Å². The molecule has 31 heavy (non-hydrogen) atoms. The number of guanidine groups is 1. The van der Waals surface area contributed by atoms with E-state index in [1.165, 1.54) is 5.56 Å². The molecule has 0 aromatic heterocycles. The van der Waals surface area contributed by atoms with Crippen LogP contribution in [0.1, 0.15) is 21.5 Å². The second-order valence-electron chi connectivity index (χ2n) is 7.21. The van der Waals surface area contributed by atoms with Crippen LogP contribution in [0.25, 0.3) is 0 Å². The van der Waals surface area contributed by atoms with Gasteiger partial charge in [-0.1, -0.05) is 24.3 Å². The van der Waals surface area contributed by atoms with Crippen LogP contribution in [0, 0.1) is 0 Å². The van der Waals surface area contributed by atoms with E-state index in [2.05, 4.69) is 33.1 Å². The van der Waals surface area contributed by atoms with E-state index in [1.807, 2.05) is 55.4 Å². The van der Waals surface area contributed by atoms with Crippen LogP contribution in [0.2, 0.25) is 0 Å². The molecule has 0 atom stereocenters. The number of halogens is 1. The summed E-state index contributed by atoms with van der Waals surface area (Å²) in [6.07, 6.45) is 0.882. The van der Waals surface area contributed by atoms with E-state index in [-0.39, 0.29) is 29.9 Å². The topological polar surface area (TPSA) is 78.0 Å². The average Bonchev–Trinajstić information content (AvgIpc) is 2.76. The van der Waals surface area contributed by atoms with Crippen molar-refractivity contribution >= 4 is 35.8 Å². The molecule has 0 saturated carbocycles. The van der Waals surface area contributed by atoms with Gasteiger partial charge in [0.1, 0.15) is 5.75 Å². The predicted octanol–water partition coefficient (Wildman–Crippen LogP) is 2.51. The summed E-state index contributed by atoms with van der Waals surface area (Å²) >= 11 is 0. The van der Waals surface area contributed by atoms with Crippen molar-refractivity contribution in [3.05, 3.63) is 65.2 Å². The van der Waals surface area contributed by atoms with Crippen LogP contribution in [0.5, 0.6) is 5.75 Å². The maximum atomic E-state index is 12.3. The molecule has 0 heterocycles. The van der Waals surface area contributed by atoms with Crippen molar-refractivity contribution in [2.24, 2.45) is 4.99 Å². The standard InChI is InChI=1S/C23H33N5O2.HI/c1-24-23(26-13-12-18-8-10-21(30-4)11-9-18)27-17-19-6-5-7-20(16-19)22(29)25-14-15-28(2)3;/h5-11,16H,12-15,17H2,1-4H3,(H,25,29)(H2,24,26,27);1H. The number of ether oxygens (including phenoxy) is 1. The van der Waals surface area contributed by atoms with Crippen LogP contribution in [-0.2, 0) is 13.0 Å². The third kappa shape index (κ3) is 10.0. The van der Waals surface area contributed by atoms with Gasteiger partial charge in [0.2, 0.25) is 0 Å². The molecule has 0 fully saturated rings. The summed E-state index contributed by atoms with van der Waals surface area (Å²) < 4.78 is 5.18. The van der Waals surface area contributed by atoms with Crippen molar-refractivity contribution in [1.29, 1.82) is 0 Å². The van der Waals surface area contributed by atoms with Crippen LogP contribution in [0.3, 0.4) is 0 Å². The molecule has 2 aromatic rings. The Hall–Kier alpha value is -2.33. The fourth-order valence-corrected chi connectivity index (χ4v) is 2.84. The summed E-state index contributed by atoms with van der Waals surface area (Å²) in [5, 5.41) is 9.55. The fourth-order valence-electron chi connectivity index (χ4n) is 2.84. The Balaban J connectivity index is 0.00000480. The molecule has 170 valence electrons. The Kier molecular flexibility index (Phi) is 12.6. The molecule has 0 spiro atoms. The molecule has 0 unspecified atom stereocenters. The lowest BCUT2D eigenvalue weighted by Gasteiger charge is -2.13. The lowest BCUT2D eigenvalue weighted by Crippen LogP contribution is -2.37. The Morgan fingerprint density at radius 1 is 1.00 bits per heavy atom. The number of hydrogen-bond donors (Lipinski definition) is 3. The second-order valence-corrected chi connectivity index (χ2v) is 7.21. The number of hydrogen-bond acceptors (Lipinski definition) is 4. The zero-order valence-electron chi connectivity index (χ0n) is 18.8. The quantitative estimate of drug-likeness (QED) is 0.246. The Labute approximate surface area is 202 Å². The van der Waals surface area contributed by atoms with Crippen LogP contribution >= 0.6 is 24.0 Å². The first-order valence-electron chi connectivity index (χ1n) is 10.1. The predicted molar refractivity (Wildman–Crippen MR) is 138 cm³/mol. The van der Waals surface area contributed by atoms with Crippen molar-refractivity contribution in [3.8, 4) is 5.75 Å². The number of rotatable bonds is 10. The van der Waals surface area contributed by atoms with Gasteiger partial charge in [-0.2, -0.15) is 0 Å². The highest BCUT2D eigenvalue weighted by Crippen LogP contribution is 2.11. The molecule has 2 aromatic carbocycles. The summed E-state index contributed by atoms with van der Waals surface area (Å²) in [4.78, 5) is 18.6. The third-order valence-electron chi connectivity index (χ3n) is 4.58. The van der Waals surface area contributed by atoms with E-state index >= 15 is 0 Å². The zero-order valence-corrected chi connectivity index (χ0v) is 21.1. The number of amides is 1. The van der Waals surface area contributed by atoms with Crippen LogP contribution in [0.4, 0.5) is 0 Å². The maximum Gasteiger partial charge on any atom is 0.251 e. The van der Waals surface area contributed by atoms with Gasteiger partial charge in [0.15, 0.2) is 5.96 Å². The number of likely N-dealkylation sites (N-methyl/N-ethyl adjacent to an activating group) is 1. The molecular formula is C23H34IN5O2. The molecule has 0 aliphatic carbocycles. The van der Waals surface area contributed by atoms with E-state index in [4.69, 9.17) is 4.74 Å². The monoisotopic (exact) mass is 539 g/mol. The summed E-state index contributed by atoms with van der Waals surface area (Å²) in [7, 11) is 7.38. The first-order chi connectivity index (χ1) is 14.5. The Morgan fingerprint density at radius 3 is 2.39 bits per heavy atom. The van der Waals surface area contributed by atoms with E-state index in [0.29, 0.717) is 18.7 Å². The lowest BCUT2D eigenvalue weighted by atomic mass is 10.1. The van der Waals surface area contributed by atoms with Crippen molar-refractivity contribution in [1.82, 2.24) is 20.9 Å². The van der Waals surface area contributed by atoms with Crippen molar-refractivity contribution in [2.45, 2.75) is 13.0 Å². The smallest absolute Gasteiger partial charge is 0.251 e. The van der Waals surface area contributed by atoms with Gasteiger partial charge in [-0.05, 0) is 55.9 Å². The molecule has 0 saturated heterocycles. The summed E-state index contributed by atoms with van der Waals surface area (Å²) in [6, 6.07) is 15.7. The molecular weight excluding hydrogens is 505 g/mol. The SMILES string of the molecule is CN=C(NCCc1ccc(OC)cc1)NCc1cccc(C(=O)NCCN(C)C)c1.I. The number of nitrogens with zero attached hydrogens (tertiary/aromatic N) is 2. The molecule has 0 aliphatic heterocycles. The van der Waals surface area contributed by atoms with Gasteiger partial charge in [0.25, 0.3) is 5.91 Å². The minimum absolute atomic E-state index is 0. The number of methoxy groups -OCH3 is 1. The summed E-state index contributed by atoms with van der Waals surface area (Å²) in [5.74, 6) is 1.53. The van der Waals surface area contributed by atoms with Crippen LogP contribution in [-0.4, -0.2) is 64.7 Å². The number of carbonyl (C=O) groups excluding carboxylic acids is 1. The minimum Gasteiger partial charge on any atom is -0.497 e. The van der Waals surface area contributed by atoms with Gasteiger partial charge in [-0.25, -0.2) is 0 Å². The van der Waals surface area contributed by atoms with Gasteiger partial charge in [-0.15, -0.1) is 24.0 Å². The fraction of sp³-hybridized carbons (Fsp3) is 0.391. The summed E-state index contributed by atoms with van der Waals surface area (Å²) in [6.45, 7) is 2.78. The first-order valence-corrected chi connectivity index (χ1v) is 10.1. The minimum atomic E-state index is -0.0549. The summed E-state index contributed by atoms with van der Waals surface area (Å²) in [5.41, 5.74) is 2.91. The van der Waals surface area contributed by atoms with Crippen molar-refractivity contribution < 1.29 is 9.53 Å². The highest BCUT2D eigenvalue weighted by atomic mass is 127. The normalized spacial score (nSPS) is 10.9. The third-order valence-corrected chi connectivity index (χ3v) is 4.58. The van der Waals surface area contributed by atoms with Gasteiger partial charge in [0, 0.05) is 38.8 Å². The lowest BCUT2D eigenvalue weighted by molar-refractivity contribution is 0.0951. The Bertz CT molecular complexity index is 825. The largest absolute Gasteiger partial charge is 0.497 e. The average molecular weight is 539 g/mol. The molecule has 1 amide bonds. The molecule has 8 heteroatoms. The van der Waals surface area contributed by atoms with Gasteiger partial charge < -0.3 is 25.6 Å².